The molecule has 0 fully saturated rings. The monoisotopic (exact) mass is 432 g/mol. The molecule has 0 spiro atoms. The predicted octanol–water partition coefficient (Wildman–Crippen LogP) is 5.66. The number of methoxy groups -OCH3 is 1. The van der Waals surface area contributed by atoms with E-state index in [4.69, 9.17) is 9.47 Å². The molecule has 0 bridgehead atoms. The van der Waals surface area contributed by atoms with Gasteiger partial charge in [0.05, 0.1) is 25.3 Å². The van der Waals surface area contributed by atoms with Gasteiger partial charge in [-0.1, -0.05) is 22.0 Å². The second-order valence-corrected chi connectivity index (χ2v) is 7.54. The minimum Gasteiger partial charge on any atom is -0.493 e. The Labute approximate surface area is 165 Å². The summed E-state index contributed by atoms with van der Waals surface area (Å²) in [4.78, 5) is 11.3. The molecule has 3 rings (SSSR count). The zero-order valence-electron chi connectivity index (χ0n) is 15.6. The van der Waals surface area contributed by atoms with Crippen molar-refractivity contribution in [3.63, 3.8) is 0 Å². The molecule has 1 heterocycles. The molecule has 0 aliphatic rings. The van der Waals surface area contributed by atoms with Crippen LogP contribution in [0.1, 0.15) is 25.0 Å². The first-order valence-corrected chi connectivity index (χ1v) is 9.33. The van der Waals surface area contributed by atoms with Gasteiger partial charge in [-0.15, -0.1) is 4.91 Å². The van der Waals surface area contributed by atoms with Gasteiger partial charge in [-0.05, 0) is 61.3 Å². The second-order valence-electron chi connectivity index (χ2n) is 6.62. The minimum atomic E-state index is -0.150. The van der Waals surface area contributed by atoms with E-state index in [0.29, 0.717) is 23.4 Å². The van der Waals surface area contributed by atoms with Crippen LogP contribution >= 0.6 is 15.9 Å². The number of aromatic nitrogens is 1. The maximum atomic E-state index is 11.3. The van der Waals surface area contributed by atoms with Gasteiger partial charge >= 0.3 is 0 Å². The van der Waals surface area contributed by atoms with E-state index >= 15 is 0 Å². The van der Waals surface area contributed by atoms with Crippen molar-refractivity contribution < 1.29 is 14.6 Å². The molecular formula is C20H21BrN2O4. The smallest absolute Gasteiger partial charge is 0.222 e. The molecule has 3 aromatic rings. The lowest BCUT2D eigenvalue weighted by atomic mass is 10.1. The number of fused-ring (bicyclic) bond motifs is 1. The van der Waals surface area contributed by atoms with Crippen LogP contribution in [-0.2, 0) is 6.54 Å². The predicted molar refractivity (Wildman–Crippen MR) is 109 cm³/mol. The third-order valence-electron chi connectivity index (χ3n) is 4.28. The van der Waals surface area contributed by atoms with Crippen LogP contribution in [0.15, 0.2) is 40.0 Å². The largest absolute Gasteiger partial charge is 0.493 e. The molecule has 27 heavy (non-hydrogen) atoms. The number of rotatable bonds is 6. The summed E-state index contributed by atoms with van der Waals surface area (Å²) in [6, 6.07) is 9.35. The fourth-order valence-corrected chi connectivity index (χ4v) is 3.79. The van der Waals surface area contributed by atoms with Crippen LogP contribution in [0.2, 0.25) is 0 Å². The average molecular weight is 433 g/mol. The van der Waals surface area contributed by atoms with Crippen molar-refractivity contribution in [2.45, 2.75) is 33.4 Å². The Morgan fingerprint density at radius 3 is 2.59 bits per heavy atom. The summed E-state index contributed by atoms with van der Waals surface area (Å²) in [6.45, 7) is 6.19. The lowest BCUT2D eigenvalue weighted by Crippen LogP contribution is -2.07. The maximum Gasteiger partial charge on any atom is 0.222 e. The molecule has 0 unspecified atom stereocenters. The van der Waals surface area contributed by atoms with Gasteiger partial charge in [0.25, 0.3) is 0 Å². The number of aryl methyl sites for hydroxylation is 1. The zero-order valence-corrected chi connectivity index (χ0v) is 17.2. The highest BCUT2D eigenvalue weighted by atomic mass is 79.9. The van der Waals surface area contributed by atoms with Crippen molar-refractivity contribution in [1.29, 1.82) is 0 Å². The number of benzene rings is 2. The Hall–Kier alpha value is -2.54. The summed E-state index contributed by atoms with van der Waals surface area (Å²) in [6.07, 6.45) is 0.0320. The SMILES string of the molecule is COc1cc(Cn2c(O)c(N=O)c3cc(Br)cc(C)c32)ccc1OC(C)C. The molecule has 0 aliphatic heterocycles. The van der Waals surface area contributed by atoms with Gasteiger partial charge in [0, 0.05) is 9.86 Å². The average Bonchev–Trinajstić information content (AvgIpc) is 2.87. The molecule has 0 aliphatic carbocycles. The normalized spacial score (nSPS) is 11.2. The fraction of sp³-hybridized carbons (Fsp3) is 0.300. The van der Waals surface area contributed by atoms with Crippen LogP contribution in [0.4, 0.5) is 5.69 Å². The summed E-state index contributed by atoms with van der Waals surface area (Å²) in [5.74, 6) is 1.13. The van der Waals surface area contributed by atoms with Crippen LogP contribution in [0.25, 0.3) is 10.9 Å². The van der Waals surface area contributed by atoms with Gasteiger partial charge in [-0.25, -0.2) is 0 Å². The molecule has 7 heteroatoms. The van der Waals surface area contributed by atoms with Gasteiger partial charge in [0.1, 0.15) is 0 Å². The Morgan fingerprint density at radius 1 is 1.22 bits per heavy atom. The molecule has 0 amide bonds. The quantitative estimate of drug-likeness (QED) is 0.509. The number of aromatic hydroxyl groups is 1. The highest BCUT2D eigenvalue weighted by Gasteiger charge is 2.20. The van der Waals surface area contributed by atoms with Crippen molar-refractivity contribution >= 4 is 32.5 Å². The number of halogens is 1. The Bertz CT molecular complexity index is 1010. The lowest BCUT2D eigenvalue weighted by Gasteiger charge is -2.15. The number of nitroso groups, excluding NO2 is 1. The van der Waals surface area contributed by atoms with E-state index in [-0.39, 0.29) is 17.7 Å². The summed E-state index contributed by atoms with van der Waals surface area (Å²) in [7, 11) is 1.59. The third kappa shape index (κ3) is 3.64. The number of ether oxygens (including phenoxy) is 2. The molecule has 1 N–H and O–H groups in total. The summed E-state index contributed by atoms with van der Waals surface area (Å²) in [5, 5.41) is 14.2. The van der Waals surface area contributed by atoms with Gasteiger partial charge in [-0.3, -0.25) is 0 Å². The first-order valence-electron chi connectivity index (χ1n) is 8.54. The van der Waals surface area contributed by atoms with Crippen molar-refractivity contribution in [3.05, 3.63) is 50.8 Å². The molecule has 142 valence electrons. The second kappa shape index (κ2) is 7.60. The maximum absolute atomic E-state index is 11.3. The Balaban J connectivity index is 2.09. The first-order chi connectivity index (χ1) is 12.8. The van der Waals surface area contributed by atoms with Crippen molar-refractivity contribution in [3.8, 4) is 17.4 Å². The van der Waals surface area contributed by atoms with E-state index in [9.17, 15) is 10.0 Å². The molecule has 0 radical (unpaired) electrons. The summed E-state index contributed by atoms with van der Waals surface area (Å²) >= 11 is 3.43. The van der Waals surface area contributed by atoms with E-state index in [2.05, 4.69) is 21.1 Å². The number of hydrogen-bond acceptors (Lipinski definition) is 5. The number of nitrogens with zero attached hydrogens (tertiary/aromatic N) is 2. The van der Waals surface area contributed by atoms with Crippen molar-refractivity contribution in [1.82, 2.24) is 4.57 Å². The highest BCUT2D eigenvalue weighted by molar-refractivity contribution is 9.10. The zero-order chi connectivity index (χ0) is 19.7. The highest BCUT2D eigenvalue weighted by Crippen LogP contribution is 2.42. The topological polar surface area (TPSA) is 73.0 Å². The molecule has 0 atom stereocenters. The van der Waals surface area contributed by atoms with Gasteiger partial charge in [0.15, 0.2) is 17.2 Å². The molecule has 6 nitrogen and oxygen atoms in total. The fourth-order valence-electron chi connectivity index (χ4n) is 3.22. The third-order valence-corrected chi connectivity index (χ3v) is 4.74. The number of hydrogen-bond donors (Lipinski definition) is 1. The van der Waals surface area contributed by atoms with E-state index < -0.39 is 0 Å². The molecule has 0 saturated carbocycles. The first kappa shape index (κ1) is 19.2. The van der Waals surface area contributed by atoms with Crippen molar-refractivity contribution in [2.75, 3.05) is 7.11 Å². The van der Waals surface area contributed by atoms with E-state index in [1.807, 2.05) is 45.0 Å². The lowest BCUT2D eigenvalue weighted by molar-refractivity contribution is 0.230. The van der Waals surface area contributed by atoms with Crippen LogP contribution in [0.3, 0.4) is 0 Å². The molecule has 1 aromatic heterocycles. The molecular weight excluding hydrogens is 412 g/mol. The Morgan fingerprint density at radius 2 is 1.96 bits per heavy atom. The van der Waals surface area contributed by atoms with E-state index in [1.54, 1.807) is 17.7 Å². The van der Waals surface area contributed by atoms with Gasteiger partial charge in [0.2, 0.25) is 5.88 Å². The van der Waals surface area contributed by atoms with Crippen LogP contribution < -0.4 is 9.47 Å². The van der Waals surface area contributed by atoms with Gasteiger partial charge < -0.3 is 19.1 Å². The molecule has 2 aromatic carbocycles. The van der Waals surface area contributed by atoms with Crippen LogP contribution in [0, 0.1) is 11.8 Å². The standard InChI is InChI=1S/C20H21BrN2O4/c1-11(2)27-16-6-5-13(8-17(16)26-4)10-23-19-12(3)7-14(21)9-15(19)18(22-25)20(23)24/h5-9,11,24H,10H2,1-4H3. The molecule has 0 saturated heterocycles. The summed E-state index contributed by atoms with van der Waals surface area (Å²) < 4.78 is 13.7. The van der Waals surface area contributed by atoms with Crippen molar-refractivity contribution in [2.24, 2.45) is 5.18 Å². The minimum absolute atomic E-state index is 0.0320. The Kier molecular flexibility index (Phi) is 5.41. The van der Waals surface area contributed by atoms with E-state index in [1.165, 1.54) is 0 Å². The van der Waals surface area contributed by atoms with E-state index in [0.717, 1.165) is 21.1 Å². The summed E-state index contributed by atoms with van der Waals surface area (Å²) in [5.41, 5.74) is 2.64. The van der Waals surface area contributed by atoms with Gasteiger partial charge in [-0.2, -0.15) is 0 Å². The van der Waals surface area contributed by atoms with Crippen LogP contribution in [-0.4, -0.2) is 22.9 Å². The van der Waals surface area contributed by atoms with Crippen LogP contribution in [0.5, 0.6) is 17.4 Å².